The molecule has 1 N–H and O–H groups in total. The molecule has 0 bridgehead atoms. The van der Waals surface area contributed by atoms with Crippen molar-refractivity contribution in [2.45, 2.75) is 13.1 Å². The minimum atomic E-state index is -0.966. The highest BCUT2D eigenvalue weighted by atomic mass is 19.2. The predicted molar refractivity (Wildman–Crippen MR) is 118 cm³/mol. The van der Waals surface area contributed by atoms with E-state index in [0.717, 1.165) is 17.7 Å². The number of ether oxygens (including phenoxy) is 2. The third kappa shape index (κ3) is 5.22. The van der Waals surface area contributed by atoms with Gasteiger partial charge in [0.15, 0.2) is 29.0 Å². The lowest BCUT2D eigenvalue weighted by Crippen LogP contribution is -2.51. The highest BCUT2D eigenvalue weighted by Crippen LogP contribution is 2.27. The number of rotatable bonds is 7. The Morgan fingerprint density at radius 1 is 1.00 bits per heavy atom. The second kappa shape index (κ2) is 10.4. The van der Waals surface area contributed by atoms with Gasteiger partial charge in [-0.2, -0.15) is 4.68 Å². The van der Waals surface area contributed by atoms with Gasteiger partial charge >= 0.3 is 6.03 Å². The molecule has 1 aromatic heterocycles. The average molecular weight is 473 g/mol. The van der Waals surface area contributed by atoms with Crippen molar-refractivity contribution in [2.75, 3.05) is 40.4 Å². The van der Waals surface area contributed by atoms with Crippen LogP contribution in [0.1, 0.15) is 11.4 Å². The quantitative estimate of drug-likeness (QED) is 0.561. The molecule has 0 saturated carbocycles. The van der Waals surface area contributed by atoms with Crippen LogP contribution in [-0.4, -0.2) is 76.4 Å². The maximum absolute atomic E-state index is 13.6. The lowest BCUT2D eigenvalue weighted by molar-refractivity contribution is 0.132. The van der Waals surface area contributed by atoms with Crippen LogP contribution in [0.5, 0.6) is 11.5 Å². The number of carbonyl (C=O) groups excluding carboxylic acids is 1. The second-order valence-electron chi connectivity index (χ2n) is 7.72. The highest BCUT2D eigenvalue weighted by Gasteiger charge is 2.23. The molecule has 1 aliphatic rings. The summed E-state index contributed by atoms with van der Waals surface area (Å²) >= 11 is 0. The van der Waals surface area contributed by atoms with Gasteiger partial charge in [-0.15, -0.1) is 5.10 Å². The molecule has 0 spiro atoms. The molecule has 1 saturated heterocycles. The summed E-state index contributed by atoms with van der Waals surface area (Å²) in [7, 11) is 3.14. The van der Waals surface area contributed by atoms with Crippen LogP contribution in [0.4, 0.5) is 13.6 Å². The van der Waals surface area contributed by atoms with Crippen molar-refractivity contribution in [1.82, 2.24) is 35.3 Å². The van der Waals surface area contributed by atoms with E-state index in [-0.39, 0.29) is 6.03 Å². The zero-order chi connectivity index (χ0) is 24.1. The number of benzene rings is 2. The number of amides is 2. The first kappa shape index (κ1) is 23.4. The zero-order valence-corrected chi connectivity index (χ0v) is 18.9. The Morgan fingerprint density at radius 2 is 1.76 bits per heavy atom. The van der Waals surface area contributed by atoms with E-state index in [2.05, 4.69) is 25.7 Å². The molecule has 34 heavy (non-hydrogen) atoms. The van der Waals surface area contributed by atoms with E-state index in [1.807, 2.05) is 12.1 Å². The maximum Gasteiger partial charge on any atom is 0.317 e. The standard InChI is InChI=1S/C22H25F2N7O3/c1-33-19-6-3-15(11-20(19)34-2)13-25-22(32)30-9-7-29(8-10-30)14-21-26-27-28-31(21)16-4-5-17(23)18(24)12-16/h3-6,11-12H,7-10,13-14H2,1-2H3,(H,25,32). The smallest absolute Gasteiger partial charge is 0.317 e. The molecule has 0 radical (unpaired) electrons. The number of hydrogen-bond donors (Lipinski definition) is 1. The van der Waals surface area contributed by atoms with Gasteiger partial charge in [0.2, 0.25) is 0 Å². The molecule has 0 unspecified atom stereocenters. The SMILES string of the molecule is COc1ccc(CNC(=O)N2CCN(Cc3nnnn3-c3ccc(F)c(F)c3)CC2)cc1OC. The first-order chi connectivity index (χ1) is 16.5. The maximum atomic E-state index is 13.6. The van der Waals surface area contributed by atoms with Crippen LogP contribution in [0.3, 0.4) is 0 Å². The topological polar surface area (TPSA) is 97.6 Å². The summed E-state index contributed by atoms with van der Waals surface area (Å²) in [4.78, 5) is 16.5. The number of halogens is 2. The van der Waals surface area contributed by atoms with E-state index in [1.165, 1.54) is 10.7 Å². The van der Waals surface area contributed by atoms with Gasteiger partial charge in [-0.1, -0.05) is 6.07 Å². The van der Waals surface area contributed by atoms with E-state index in [0.29, 0.717) is 62.3 Å². The largest absolute Gasteiger partial charge is 0.493 e. The van der Waals surface area contributed by atoms with E-state index >= 15 is 0 Å². The van der Waals surface area contributed by atoms with Gasteiger partial charge in [0.05, 0.1) is 26.5 Å². The van der Waals surface area contributed by atoms with Gasteiger partial charge in [-0.25, -0.2) is 13.6 Å². The van der Waals surface area contributed by atoms with Crippen LogP contribution in [-0.2, 0) is 13.1 Å². The Morgan fingerprint density at radius 3 is 2.47 bits per heavy atom. The second-order valence-corrected chi connectivity index (χ2v) is 7.72. The third-order valence-electron chi connectivity index (χ3n) is 5.60. The van der Waals surface area contributed by atoms with Gasteiger partial charge in [0.1, 0.15) is 0 Å². The van der Waals surface area contributed by atoms with Gasteiger partial charge in [-0.3, -0.25) is 4.90 Å². The number of urea groups is 1. The summed E-state index contributed by atoms with van der Waals surface area (Å²) < 4.78 is 38.7. The molecule has 2 aromatic carbocycles. The minimum Gasteiger partial charge on any atom is -0.493 e. The van der Waals surface area contributed by atoms with Crippen LogP contribution in [0.25, 0.3) is 5.69 Å². The normalized spacial score (nSPS) is 14.2. The Hall–Kier alpha value is -3.80. The molecule has 0 aliphatic carbocycles. The molecule has 2 heterocycles. The fraction of sp³-hybridized carbons (Fsp3) is 0.364. The molecule has 12 heteroatoms. The van der Waals surface area contributed by atoms with Crippen molar-refractivity contribution in [2.24, 2.45) is 0 Å². The van der Waals surface area contributed by atoms with Crippen LogP contribution < -0.4 is 14.8 Å². The highest BCUT2D eigenvalue weighted by molar-refractivity contribution is 5.74. The molecule has 10 nitrogen and oxygen atoms in total. The van der Waals surface area contributed by atoms with Crippen molar-refractivity contribution in [3.63, 3.8) is 0 Å². The van der Waals surface area contributed by atoms with Crippen molar-refractivity contribution >= 4 is 6.03 Å². The number of nitrogens with one attached hydrogen (secondary N) is 1. The predicted octanol–water partition coefficient (Wildman–Crippen LogP) is 1.99. The first-order valence-electron chi connectivity index (χ1n) is 10.7. The van der Waals surface area contributed by atoms with Gasteiger partial charge in [0, 0.05) is 38.8 Å². The molecular weight excluding hydrogens is 448 g/mol. The number of hydrogen-bond acceptors (Lipinski definition) is 7. The van der Waals surface area contributed by atoms with Crippen molar-refractivity contribution in [3.05, 3.63) is 59.4 Å². The van der Waals surface area contributed by atoms with Crippen LogP contribution >= 0.6 is 0 Å². The van der Waals surface area contributed by atoms with Gasteiger partial charge < -0.3 is 19.7 Å². The monoisotopic (exact) mass is 473 g/mol. The molecule has 180 valence electrons. The summed E-state index contributed by atoms with van der Waals surface area (Å²) in [6.07, 6.45) is 0. The summed E-state index contributed by atoms with van der Waals surface area (Å²) in [6, 6.07) is 8.85. The number of tetrazole rings is 1. The fourth-order valence-electron chi connectivity index (χ4n) is 3.71. The first-order valence-corrected chi connectivity index (χ1v) is 10.7. The van der Waals surface area contributed by atoms with Crippen LogP contribution in [0.15, 0.2) is 36.4 Å². The molecule has 4 rings (SSSR count). The molecule has 2 amide bonds. The van der Waals surface area contributed by atoms with Crippen LogP contribution in [0, 0.1) is 11.6 Å². The van der Waals surface area contributed by atoms with Crippen LogP contribution in [0.2, 0.25) is 0 Å². The number of carbonyl (C=O) groups is 1. The lowest BCUT2D eigenvalue weighted by Gasteiger charge is -2.34. The van der Waals surface area contributed by atoms with Crippen molar-refractivity contribution in [1.29, 1.82) is 0 Å². The Balaban J connectivity index is 1.29. The summed E-state index contributed by atoms with van der Waals surface area (Å²) in [6.45, 7) is 3.08. The number of aromatic nitrogens is 4. The van der Waals surface area contributed by atoms with E-state index in [4.69, 9.17) is 9.47 Å². The molecule has 1 aliphatic heterocycles. The third-order valence-corrected chi connectivity index (χ3v) is 5.60. The summed E-state index contributed by atoms with van der Waals surface area (Å²) in [5.41, 5.74) is 1.24. The fourth-order valence-corrected chi connectivity index (χ4v) is 3.71. The van der Waals surface area contributed by atoms with Crippen molar-refractivity contribution in [3.8, 4) is 17.2 Å². The number of nitrogens with zero attached hydrogens (tertiary/aromatic N) is 6. The lowest BCUT2D eigenvalue weighted by atomic mass is 10.2. The van der Waals surface area contributed by atoms with E-state index in [1.54, 1.807) is 25.2 Å². The minimum absolute atomic E-state index is 0.152. The summed E-state index contributed by atoms with van der Waals surface area (Å²) in [5, 5.41) is 14.5. The summed E-state index contributed by atoms with van der Waals surface area (Å²) in [5.74, 6) is -0.166. The average Bonchev–Trinajstić information content (AvgIpc) is 3.32. The Kier molecular flexibility index (Phi) is 7.16. The zero-order valence-electron chi connectivity index (χ0n) is 18.9. The van der Waals surface area contributed by atoms with E-state index < -0.39 is 11.6 Å². The molecular formula is C22H25F2N7O3. The van der Waals surface area contributed by atoms with E-state index in [9.17, 15) is 13.6 Å². The molecule has 1 fully saturated rings. The Labute approximate surface area is 195 Å². The van der Waals surface area contributed by atoms with Crippen molar-refractivity contribution < 1.29 is 23.0 Å². The van der Waals surface area contributed by atoms with Gasteiger partial charge in [-0.05, 0) is 40.3 Å². The Bertz CT molecular complexity index is 1150. The molecule has 3 aromatic rings. The number of piperazine rings is 1. The van der Waals surface area contributed by atoms with Gasteiger partial charge in [0.25, 0.3) is 0 Å². The number of methoxy groups -OCH3 is 2. The molecule has 0 atom stereocenters.